The Kier molecular flexibility index (Phi) is 42.2. The minimum atomic E-state index is -4.55. The molecule has 61 heavy (non-hydrogen) atoms. The maximum Gasteiger partial charge on any atom is 0.306 e. The molecule has 0 heterocycles. The lowest BCUT2D eigenvalue weighted by molar-refractivity contribution is -0.870. The van der Waals surface area contributed by atoms with E-state index in [0.717, 1.165) is 96.3 Å². The van der Waals surface area contributed by atoms with Gasteiger partial charge in [0.15, 0.2) is 0 Å². The lowest BCUT2D eigenvalue weighted by Crippen LogP contribution is -2.37. The first kappa shape index (κ1) is 58.4. The Morgan fingerprint density at radius 3 is 1.44 bits per heavy atom. The van der Waals surface area contributed by atoms with Gasteiger partial charge in [-0.2, -0.15) is 0 Å². The Hall–Kier alpha value is -2.58. The molecule has 2 atom stereocenters. The van der Waals surface area contributed by atoms with Crippen molar-refractivity contribution in [3.8, 4) is 0 Å². The molecule has 0 aliphatic rings. The molecule has 0 fully saturated rings. The van der Waals surface area contributed by atoms with Gasteiger partial charge in [0.2, 0.25) is 0 Å². The average Bonchev–Trinajstić information content (AvgIpc) is 3.22. The van der Waals surface area contributed by atoms with E-state index in [1.165, 1.54) is 51.4 Å². The number of quaternary nitrogens is 1. The van der Waals surface area contributed by atoms with E-state index in [4.69, 9.17) is 18.5 Å². The van der Waals surface area contributed by atoms with Gasteiger partial charge in [-0.15, -0.1) is 0 Å². The summed E-state index contributed by atoms with van der Waals surface area (Å²) in [5.41, 5.74) is 0. The van der Waals surface area contributed by atoms with Crippen LogP contribution >= 0.6 is 7.82 Å². The van der Waals surface area contributed by atoms with E-state index in [2.05, 4.69) is 111 Å². The summed E-state index contributed by atoms with van der Waals surface area (Å²) in [4.78, 5) is 25.1. The minimum absolute atomic E-state index is 0.0105. The van der Waals surface area contributed by atoms with Gasteiger partial charge in [0.05, 0.1) is 34.4 Å². The molecule has 0 saturated carbocycles. The molecule has 0 aromatic heterocycles. The van der Waals surface area contributed by atoms with Crippen LogP contribution in [0, 0.1) is 0 Å². The number of phosphoric ester groups is 1. The molecule has 0 rings (SSSR count). The molecule has 0 aromatic rings. The van der Waals surface area contributed by atoms with Gasteiger partial charge < -0.3 is 27.9 Å². The number of phosphoric acid groups is 1. The fourth-order valence-corrected chi connectivity index (χ4v) is 6.66. The van der Waals surface area contributed by atoms with Gasteiger partial charge in [0.1, 0.15) is 19.3 Å². The van der Waals surface area contributed by atoms with Gasteiger partial charge in [-0.05, 0) is 96.3 Å². The number of rotatable bonds is 43. The van der Waals surface area contributed by atoms with Gasteiger partial charge in [0.25, 0.3) is 7.82 Å². The van der Waals surface area contributed by atoms with E-state index >= 15 is 0 Å². The van der Waals surface area contributed by atoms with E-state index < -0.39 is 13.9 Å². The fourth-order valence-electron chi connectivity index (χ4n) is 5.93. The van der Waals surface area contributed by atoms with Crippen molar-refractivity contribution in [1.82, 2.24) is 0 Å². The average molecular weight is 872 g/mol. The van der Waals surface area contributed by atoms with Crippen LogP contribution in [0.4, 0.5) is 0 Å². The molecule has 9 heteroatoms. The zero-order valence-corrected chi connectivity index (χ0v) is 40.5. The number of ether oxygens (including phenoxy) is 2. The topological polar surface area (TPSA) is 94.1 Å². The monoisotopic (exact) mass is 872 g/mol. The molecule has 8 nitrogen and oxygen atoms in total. The summed E-state index contributed by atoms with van der Waals surface area (Å²) >= 11 is 0. The molecule has 0 bridgehead atoms. The number of allylic oxidation sites excluding steroid dienone is 16. The van der Waals surface area contributed by atoms with Crippen LogP contribution in [0.1, 0.15) is 168 Å². The van der Waals surface area contributed by atoms with Gasteiger partial charge in [-0.1, -0.05) is 162 Å². The summed E-state index contributed by atoms with van der Waals surface area (Å²) in [6.45, 7) is 5.14. The van der Waals surface area contributed by atoms with Crippen LogP contribution < -0.4 is 4.89 Å². The van der Waals surface area contributed by atoms with Crippen molar-refractivity contribution >= 4 is 13.8 Å². The van der Waals surface area contributed by atoms with Crippen LogP contribution in [0.25, 0.3) is 0 Å². The van der Waals surface area contributed by atoms with E-state index in [9.17, 15) is 14.3 Å². The number of esters is 1. The molecule has 0 saturated heterocycles. The predicted molar refractivity (Wildman–Crippen MR) is 258 cm³/mol. The van der Waals surface area contributed by atoms with Crippen LogP contribution in [0.2, 0.25) is 0 Å². The van der Waals surface area contributed by atoms with E-state index in [-0.39, 0.29) is 32.2 Å². The number of carbonyl (C=O) groups is 1. The Labute approximate surface area is 375 Å². The Morgan fingerprint density at radius 2 is 0.951 bits per heavy atom. The van der Waals surface area contributed by atoms with Crippen LogP contribution in [0.5, 0.6) is 0 Å². The molecule has 0 amide bonds. The molecule has 350 valence electrons. The molecular weight excluding hydrogens is 782 g/mol. The number of nitrogens with zero attached hydrogens (tertiary/aromatic N) is 1. The number of hydrogen-bond donors (Lipinski definition) is 0. The van der Waals surface area contributed by atoms with Crippen molar-refractivity contribution in [3.63, 3.8) is 0 Å². The normalized spacial score (nSPS) is 14.5. The Balaban J connectivity index is 4.31. The quantitative estimate of drug-likeness (QED) is 0.0198. The maximum absolute atomic E-state index is 12.7. The number of likely N-dealkylation sites (N-methyl/N-ethyl adjacent to an activating group) is 1. The summed E-state index contributed by atoms with van der Waals surface area (Å²) in [5, 5.41) is 0. The highest BCUT2D eigenvalue weighted by Gasteiger charge is 2.20. The summed E-state index contributed by atoms with van der Waals surface area (Å²) < 4.78 is 34.6. The summed E-state index contributed by atoms with van der Waals surface area (Å²) in [7, 11) is 1.31. The number of unbranched alkanes of at least 4 members (excludes halogenated alkanes) is 13. The van der Waals surface area contributed by atoms with Gasteiger partial charge >= 0.3 is 5.97 Å². The SMILES string of the molecule is CC/C=C\C/C=C\C/C=C\C/C=C\C/C=C\C/C=C\C/C=C\CCCCOCC(COP(=O)([O-])OCC[N+](C)(C)C)OC(=O)CCCCCCC/C=C\CCCCCCCC. The lowest BCUT2D eigenvalue weighted by Gasteiger charge is -2.28. The largest absolute Gasteiger partial charge is 0.756 e. The first-order valence-electron chi connectivity index (χ1n) is 24.0. The third-order valence-electron chi connectivity index (χ3n) is 9.62. The molecule has 2 unspecified atom stereocenters. The first-order valence-corrected chi connectivity index (χ1v) is 25.4. The van der Waals surface area contributed by atoms with Crippen molar-refractivity contribution < 1.29 is 37.3 Å². The Bertz CT molecular complexity index is 1290. The van der Waals surface area contributed by atoms with Gasteiger partial charge in [-0.3, -0.25) is 9.36 Å². The second-order valence-corrected chi connectivity index (χ2v) is 18.1. The highest BCUT2D eigenvalue weighted by Crippen LogP contribution is 2.38. The van der Waals surface area contributed by atoms with E-state index in [1.807, 2.05) is 21.1 Å². The van der Waals surface area contributed by atoms with E-state index in [0.29, 0.717) is 17.6 Å². The van der Waals surface area contributed by atoms with Crippen molar-refractivity contribution in [2.75, 3.05) is 54.1 Å². The molecule has 0 aromatic carbocycles. The second-order valence-electron chi connectivity index (χ2n) is 16.7. The number of carbonyl (C=O) groups excluding carboxylic acids is 1. The summed E-state index contributed by atoms with van der Waals surface area (Å²) in [6.07, 6.45) is 60.0. The highest BCUT2D eigenvalue weighted by molar-refractivity contribution is 7.45. The highest BCUT2D eigenvalue weighted by atomic mass is 31.2. The predicted octanol–water partition coefficient (Wildman–Crippen LogP) is 14.0. The van der Waals surface area contributed by atoms with Crippen molar-refractivity contribution in [3.05, 3.63) is 97.2 Å². The lowest BCUT2D eigenvalue weighted by atomic mass is 10.1. The van der Waals surface area contributed by atoms with Crippen LogP contribution in [0.15, 0.2) is 97.2 Å². The summed E-state index contributed by atoms with van der Waals surface area (Å²) in [6, 6.07) is 0. The molecule has 0 aliphatic carbocycles. The zero-order chi connectivity index (χ0) is 44.8. The van der Waals surface area contributed by atoms with Crippen molar-refractivity contribution in [2.24, 2.45) is 0 Å². The smallest absolute Gasteiger partial charge is 0.306 e. The third kappa shape index (κ3) is 48.3. The number of hydrogen-bond acceptors (Lipinski definition) is 7. The standard InChI is InChI=1S/C52H90NO7P/c1-6-8-10-12-14-16-18-20-22-23-24-25-26-27-28-29-30-32-34-36-38-40-42-44-47-57-49-51(50-59-61(55,56)58-48-46-53(3,4)5)60-52(54)45-43-41-39-37-35-33-31-21-19-17-15-13-11-9-7-2/h8,10,14,16,20-22,24-25,27-28,30-32,36,38,51H,6-7,9,11-13,15,17-19,23,26,29,33-35,37,39-50H2,1-5H3/b10-8-,16-14-,22-20-,25-24-,28-27-,31-21-,32-30-,38-36-. The maximum atomic E-state index is 12.7. The Morgan fingerprint density at radius 1 is 0.525 bits per heavy atom. The second kappa shape index (κ2) is 44.0. The van der Waals surface area contributed by atoms with Gasteiger partial charge in [-0.25, -0.2) is 0 Å². The molecule has 0 radical (unpaired) electrons. The van der Waals surface area contributed by atoms with Crippen LogP contribution in [-0.4, -0.2) is 70.7 Å². The minimum Gasteiger partial charge on any atom is -0.756 e. The first-order chi connectivity index (χ1) is 29.6. The molecular formula is C52H90NO7P. The van der Waals surface area contributed by atoms with Crippen molar-refractivity contribution in [1.29, 1.82) is 0 Å². The van der Waals surface area contributed by atoms with E-state index in [1.54, 1.807) is 0 Å². The zero-order valence-electron chi connectivity index (χ0n) is 39.6. The third-order valence-corrected chi connectivity index (χ3v) is 10.6. The summed E-state index contributed by atoms with van der Waals surface area (Å²) in [5.74, 6) is -0.362. The van der Waals surface area contributed by atoms with Crippen molar-refractivity contribution in [2.45, 2.75) is 174 Å². The fraction of sp³-hybridized carbons (Fsp3) is 0.673. The molecule has 0 aliphatic heterocycles. The van der Waals surface area contributed by atoms with Crippen LogP contribution in [0.3, 0.4) is 0 Å². The molecule has 0 N–H and O–H groups in total. The van der Waals surface area contributed by atoms with Gasteiger partial charge in [0, 0.05) is 13.0 Å². The molecule has 0 spiro atoms. The van der Waals surface area contributed by atoms with Crippen LogP contribution in [-0.2, 0) is 27.9 Å².